The average Bonchev–Trinajstić information content (AvgIpc) is 2.71. The number of hydrogen-bond acceptors (Lipinski definition) is 3. The molecule has 0 aliphatic heterocycles. The normalized spacial score (nSPS) is 18.5. The molecule has 0 radical (unpaired) electrons. The van der Waals surface area contributed by atoms with Crippen molar-refractivity contribution in [2.45, 2.75) is 37.8 Å². The number of hydrogen-bond donors (Lipinski definition) is 3. The number of phenols is 1. The number of aliphatic hydroxyl groups is 1. The molecule has 0 unspecified atom stereocenters. The highest BCUT2D eigenvalue weighted by Gasteiger charge is 2.30. The van der Waals surface area contributed by atoms with Gasteiger partial charge in [0.25, 0.3) is 0 Å². The molecule has 1 aliphatic rings. The van der Waals surface area contributed by atoms with Gasteiger partial charge in [-0.1, -0.05) is 24.4 Å². The van der Waals surface area contributed by atoms with E-state index in [-0.39, 0.29) is 5.75 Å². The van der Waals surface area contributed by atoms with E-state index in [4.69, 9.17) is 11.6 Å². The first-order valence-electron chi connectivity index (χ1n) is 6.00. The molecule has 0 atom stereocenters. The first-order valence-corrected chi connectivity index (χ1v) is 6.37. The van der Waals surface area contributed by atoms with Gasteiger partial charge in [0.1, 0.15) is 5.75 Å². The van der Waals surface area contributed by atoms with Crippen LogP contribution in [0.5, 0.6) is 5.75 Å². The monoisotopic (exact) mass is 255 g/mol. The Hall–Kier alpha value is -0.770. The maximum Gasteiger partial charge on any atom is 0.120 e. The van der Waals surface area contributed by atoms with Crippen molar-refractivity contribution in [1.82, 2.24) is 5.32 Å². The number of halogens is 1. The molecule has 0 spiro atoms. The Morgan fingerprint density at radius 2 is 2.00 bits per heavy atom. The zero-order valence-electron chi connectivity index (χ0n) is 9.75. The van der Waals surface area contributed by atoms with Crippen LogP contribution in [0, 0.1) is 0 Å². The van der Waals surface area contributed by atoms with Gasteiger partial charge in [0.05, 0.1) is 5.60 Å². The number of phenolic OH excluding ortho intramolecular Hbond substituents is 1. The molecule has 3 N–H and O–H groups in total. The van der Waals surface area contributed by atoms with Crippen molar-refractivity contribution in [3.05, 3.63) is 28.8 Å². The zero-order valence-corrected chi connectivity index (χ0v) is 10.5. The SMILES string of the molecule is Oc1ccc(Cl)cc1CNCC1(O)CCCC1. The van der Waals surface area contributed by atoms with Crippen molar-refractivity contribution in [2.24, 2.45) is 0 Å². The fourth-order valence-electron chi connectivity index (χ4n) is 2.34. The zero-order chi connectivity index (χ0) is 12.3. The molecule has 4 heteroatoms. The van der Waals surface area contributed by atoms with Gasteiger partial charge in [-0.15, -0.1) is 0 Å². The van der Waals surface area contributed by atoms with Crippen LogP contribution in [0.2, 0.25) is 5.02 Å². The molecule has 0 bridgehead atoms. The Balaban J connectivity index is 1.87. The second-order valence-electron chi connectivity index (χ2n) is 4.81. The Bertz CT molecular complexity index is 389. The molecule has 1 aromatic rings. The van der Waals surface area contributed by atoms with E-state index in [0.29, 0.717) is 18.1 Å². The van der Waals surface area contributed by atoms with E-state index in [2.05, 4.69) is 5.32 Å². The molecule has 17 heavy (non-hydrogen) atoms. The summed E-state index contributed by atoms with van der Waals surface area (Å²) in [4.78, 5) is 0. The van der Waals surface area contributed by atoms with Gasteiger partial charge in [0.2, 0.25) is 0 Å². The molecule has 0 saturated heterocycles. The Labute approximate surface area is 106 Å². The van der Waals surface area contributed by atoms with E-state index >= 15 is 0 Å². The van der Waals surface area contributed by atoms with Crippen molar-refractivity contribution < 1.29 is 10.2 Å². The Morgan fingerprint density at radius 3 is 2.71 bits per heavy atom. The number of aromatic hydroxyl groups is 1. The fraction of sp³-hybridized carbons (Fsp3) is 0.538. The molecule has 0 heterocycles. The lowest BCUT2D eigenvalue weighted by molar-refractivity contribution is 0.0474. The summed E-state index contributed by atoms with van der Waals surface area (Å²) in [6.45, 7) is 1.09. The van der Waals surface area contributed by atoms with Crippen LogP contribution in [0.4, 0.5) is 0 Å². The highest BCUT2D eigenvalue weighted by Crippen LogP contribution is 2.29. The van der Waals surface area contributed by atoms with E-state index in [1.54, 1.807) is 18.2 Å². The van der Waals surface area contributed by atoms with Crippen LogP contribution in [0.3, 0.4) is 0 Å². The predicted octanol–water partition coefficient (Wildman–Crippen LogP) is 2.44. The van der Waals surface area contributed by atoms with Crippen molar-refractivity contribution in [2.75, 3.05) is 6.54 Å². The predicted molar refractivity (Wildman–Crippen MR) is 68.2 cm³/mol. The van der Waals surface area contributed by atoms with E-state index < -0.39 is 5.60 Å². The van der Waals surface area contributed by atoms with Gasteiger partial charge in [0, 0.05) is 23.7 Å². The van der Waals surface area contributed by atoms with Crippen LogP contribution >= 0.6 is 11.6 Å². The third-order valence-corrected chi connectivity index (χ3v) is 3.58. The third-order valence-electron chi connectivity index (χ3n) is 3.35. The quantitative estimate of drug-likeness (QED) is 0.775. The number of benzene rings is 1. The molecule has 1 aromatic carbocycles. The Morgan fingerprint density at radius 1 is 1.29 bits per heavy atom. The minimum atomic E-state index is -0.561. The molecule has 1 fully saturated rings. The summed E-state index contributed by atoms with van der Waals surface area (Å²) in [7, 11) is 0. The molecule has 0 amide bonds. The molecule has 3 nitrogen and oxygen atoms in total. The van der Waals surface area contributed by atoms with Gasteiger partial charge in [-0.05, 0) is 31.0 Å². The summed E-state index contributed by atoms with van der Waals surface area (Å²) < 4.78 is 0. The van der Waals surface area contributed by atoms with Crippen molar-refractivity contribution >= 4 is 11.6 Å². The standard InChI is InChI=1S/C13H18ClNO2/c14-11-3-4-12(16)10(7-11)8-15-9-13(17)5-1-2-6-13/h3-4,7,15-17H,1-2,5-6,8-9H2. The first-order chi connectivity index (χ1) is 8.09. The number of nitrogens with one attached hydrogen (secondary N) is 1. The lowest BCUT2D eigenvalue weighted by Gasteiger charge is -2.22. The topological polar surface area (TPSA) is 52.5 Å². The van der Waals surface area contributed by atoms with Crippen molar-refractivity contribution in [3.63, 3.8) is 0 Å². The van der Waals surface area contributed by atoms with Crippen LogP contribution in [-0.2, 0) is 6.54 Å². The molecule has 2 rings (SSSR count). The van der Waals surface area contributed by atoms with Crippen LogP contribution in [0.25, 0.3) is 0 Å². The largest absolute Gasteiger partial charge is 0.508 e. The van der Waals surface area contributed by atoms with Crippen molar-refractivity contribution in [3.8, 4) is 5.75 Å². The minimum absolute atomic E-state index is 0.236. The van der Waals surface area contributed by atoms with E-state index in [1.165, 1.54) is 0 Å². The Kier molecular flexibility index (Phi) is 3.92. The van der Waals surface area contributed by atoms with E-state index in [0.717, 1.165) is 31.2 Å². The smallest absolute Gasteiger partial charge is 0.120 e. The molecular weight excluding hydrogens is 238 g/mol. The second kappa shape index (κ2) is 5.25. The van der Waals surface area contributed by atoms with Crippen LogP contribution < -0.4 is 5.32 Å². The highest BCUT2D eigenvalue weighted by atomic mass is 35.5. The second-order valence-corrected chi connectivity index (χ2v) is 5.24. The lowest BCUT2D eigenvalue weighted by atomic mass is 10.0. The summed E-state index contributed by atoms with van der Waals surface area (Å²) in [5, 5.41) is 23.6. The maximum atomic E-state index is 10.1. The van der Waals surface area contributed by atoms with Crippen LogP contribution in [-0.4, -0.2) is 22.4 Å². The number of rotatable bonds is 4. The fourth-order valence-corrected chi connectivity index (χ4v) is 2.53. The van der Waals surface area contributed by atoms with Gasteiger partial charge in [-0.3, -0.25) is 0 Å². The van der Waals surface area contributed by atoms with Gasteiger partial charge >= 0.3 is 0 Å². The average molecular weight is 256 g/mol. The van der Waals surface area contributed by atoms with Crippen LogP contribution in [0.15, 0.2) is 18.2 Å². The molecule has 0 aromatic heterocycles. The van der Waals surface area contributed by atoms with Gasteiger partial charge in [-0.2, -0.15) is 0 Å². The van der Waals surface area contributed by atoms with Gasteiger partial charge in [-0.25, -0.2) is 0 Å². The minimum Gasteiger partial charge on any atom is -0.508 e. The van der Waals surface area contributed by atoms with Gasteiger partial charge < -0.3 is 15.5 Å². The maximum absolute atomic E-state index is 10.1. The third kappa shape index (κ3) is 3.35. The van der Waals surface area contributed by atoms with E-state index in [9.17, 15) is 10.2 Å². The van der Waals surface area contributed by atoms with Crippen LogP contribution in [0.1, 0.15) is 31.2 Å². The summed E-state index contributed by atoms with van der Waals surface area (Å²) in [6, 6.07) is 4.98. The molecular formula is C13H18ClNO2. The van der Waals surface area contributed by atoms with Crippen molar-refractivity contribution in [1.29, 1.82) is 0 Å². The highest BCUT2D eigenvalue weighted by molar-refractivity contribution is 6.30. The summed E-state index contributed by atoms with van der Waals surface area (Å²) in [5.74, 6) is 0.236. The first kappa shape index (κ1) is 12.7. The lowest BCUT2D eigenvalue weighted by Crippen LogP contribution is -2.37. The summed E-state index contributed by atoms with van der Waals surface area (Å²) in [6.07, 6.45) is 3.92. The van der Waals surface area contributed by atoms with Gasteiger partial charge in [0.15, 0.2) is 0 Å². The molecule has 1 saturated carbocycles. The van der Waals surface area contributed by atoms with E-state index in [1.807, 2.05) is 0 Å². The molecule has 1 aliphatic carbocycles. The summed E-state index contributed by atoms with van der Waals surface area (Å²) >= 11 is 5.86. The molecule has 94 valence electrons. The summed E-state index contributed by atoms with van der Waals surface area (Å²) in [5.41, 5.74) is 0.202.